The minimum absolute atomic E-state index is 0.278. The van der Waals surface area contributed by atoms with Crippen LogP contribution in [0.15, 0.2) is 53.6 Å². The molecule has 3 aromatic rings. The van der Waals surface area contributed by atoms with E-state index in [-0.39, 0.29) is 5.91 Å². The summed E-state index contributed by atoms with van der Waals surface area (Å²) in [4.78, 5) is 17.0. The molecule has 2 N–H and O–H groups in total. The molecule has 7 heteroatoms. The van der Waals surface area contributed by atoms with Crippen LogP contribution in [0.25, 0.3) is 0 Å². The van der Waals surface area contributed by atoms with E-state index in [1.54, 1.807) is 12.1 Å². The molecule has 0 unspecified atom stereocenters. The number of para-hydroxylation sites is 1. The van der Waals surface area contributed by atoms with Gasteiger partial charge in [-0.15, -0.1) is 0 Å². The van der Waals surface area contributed by atoms with Crippen molar-refractivity contribution in [2.75, 3.05) is 5.32 Å². The number of thiazole rings is 1. The Balaban J connectivity index is 1.65. The zero-order valence-electron chi connectivity index (χ0n) is 14.3. The minimum atomic E-state index is -0.278. The topological polar surface area (TPSA) is 66.4 Å². The van der Waals surface area contributed by atoms with Gasteiger partial charge in [0, 0.05) is 11.3 Å². The lowest BCUT2D eigenvalue weighted by atomic mass is 10.1. The van der Waals surface area contributed by atoms with Crippen LogP contribution in [-0.2, 0) is 0 Å². The van der Waals surface area contributed by atoms with Crippen LogP contribution in [-0.4, -0.2) is 17.1 Å². The molecule has 0 saturated heterocycles. The van der Waals surface area contributed by atoms with E-state index in [9.17, 15) is 4.79 Å². The maximum atomic E-state index is 12.0. The van der Waals surface area contributed by atoms with E-state index in [0.29, 0.717) is 20.7 Å². The third-order valence-corrected chi connectivity index (χ3v) is 4.96. The number of aryl methyl sites for hydroxylation is 2. The van der Waals surface area contributed by atoms with E-state index < -0.39 is 0 Å². The molecule has 0 radical (unpaired) electrons. The largest absolute Gasteiger partial charge is 0.331 e. The molecule has 0 bridgehead atoms. The molecule has 1 heterocycles. The standard InChI is InChI=1S/C19H17ClN4OS/c1-12-7-9-14(10-8-12)18(25)24-21-11-16-17(20)23-19(26-16)22-15-6-4-3-5-13(15)2/h3-11H,1-2H3,(H,22,23)(H,24,25)/b21-11+. The molecule has 1 aromatic heterocycles. The van der Waals surface area contributed by atoms with Gasteiger partial charge in [-0.1, -0.05) is 58.8 Å². The van der Waals surface area contributed by atoms with Crippen molar-refractivity contribution in [2.24, 2.45) is 5.10 Å². The molecule has 2 aromatic carbocycles. The molecule has 0 spiro atoms. The molecular formula is C19H17ClN4OS. The summed E-state index contributed by atoms with van der Waals surface area (Å²) in [5.41, 5.74) is 6.21. The molecule has 0 aliphatic heterocycles. The Morgan fingerprint density at radius 2 is 1.88 bits per heavy atom. The maximum Gasteiger partial charge on any atom is 0.271 e. The first-order chi connectivity index (χ1) is 12.5. The number of anilines is 2. The van der Waals surface area contributed by atoms with Crippen molar-refractivity contribution in [3.63, 3.8) is 0 Å². The number of benzene rings is 2. The summed E-state index contributed by atoms with van der Waals surface area (Å²) in [6, 6.07) is 15.2. The predicted molar refractivity (Wildman–Crippen MR) is 108 cm³/mol. The van der Waals surface area contributed by atoms with Crippen LogP contribution in [0.4, 0.5) is 10.8 Å². The zero-order chi connectivity index (χ0) is 18.5. The lowest BCUT2D eigenvalue weighted by Crippen LogP contribution is -2.17. The van der Waals surface area contributed by atoms with E-state index in [2.05, 4.69) is 20.8 Å². The molecule has 0 aliphatic carbocycles. The van der Waals surface area contributed by atoms with Crippen LogP contribution in [0.1, 0.15) is 26.4 Å². The summed E-state index contributed by atoms with van der Waals surface area (Å²) in [6.07, 6.45) is 1.50. The van der Waals surface area contributed by atoms with Gasteiger partial charge in [-0.3, -0.25) is 4.79 Å². The van der Waals surface area contributed by atoms with Crippen molar-refractivity contribution in [1.82, 2.24) is 10.4 Å². The first kappa shape index (κ1) is 18.1. The Bertz CT molecular complexity index is 950. The molecule has 0 fully saturated rings. The molecule has 0 saturated carbocycles. The fourth-order valence-electron chi connectivity index (χ4n) is 2.19. The maximum absolute atomic E-state index is 12.0. The van der Waals surface area contributed by atoms with Crippen LogP contribution < -0.4 is 10.7 Å². The SMILES string of the molecule is Cc1ccc(C(=O)N/N=C/c2sc(Nc3ccccc3C)nc2Cl)cc1. The fourth-order valence-corrected chi connectivity index (χ4v) is 3.23. The average molecular weight is 385 g/mol. The van der Waals surface area contributed by atoms with Gasteiger partial charge in [-0.25, -0.2) is 10.4 Å². The average Bonchev–Trinajstić information content (AvgIpc) is 2.97. The summed E-state index contributed by atoms with van der Waals surface area (Å²) in [5, 5.41) is 8.21. The first-order valence-electron chi connectivity index (χ1n) is 7.92. The number of nitrogens with one attached hydrogen (secondary N) is 2. The van der Waals surface area contributed by atoms with Crippen molar-refractivity contribution in [1.29, 1.82) is 0 Å². The highest BCUT2D eigenvalue weighted by atomic mass is 35.5. The van der Waals surface area contributed by atoms with Gasteiger partial charge in [0.05, 0.1) is 11.1 Å². The second-order valence-corrected chi connectivity index (χ2v) is 7.07. The van der Waals surface area contributed by atoms with Crippen molar-refractivity contribution < 1.29 is 4.79 Å². The molecule has 3 rings (SSSR count). The number of halogens is 1. The van der Waals surface area contributed by atoms with E-state index in [0.717, 1.165) is 16.8 Å². The number of hydrogen-bond acceptors (Lipinski definition) is 5. The van der Waals surface area contributed by atoms with E-state index >= 15 is 0 Å². The van der Waals surface area contributed by atoms with E-state index in [4.69, 9.17) is 11.6 Å². The number of aromatic nitrogens is 1. The number of carbonyl (C=O) groups is 1. The van der Waals surface area contributed by atoms with Gasteiger partial charge in [0.1, 0.15) is 0 Å². The molecule has 5 nitrogen and oxygen atoms in total. The molecular weight excluding hydrogens is 368 g/mol. The predicted octanol–water partition coefficient (Wildman–Crippen LogP) is 4.92. The van der Waals surface area contributed by atoms with Crippen LogP contribution in [0, 0.1) is 13.8 Å². The fraction of sp³-hybridized carbons (Fsp3) is 0.105. The van der Waals surface area contributed by atoms with Gasteiger partial charge in [-0.2, -0.15) is 5.10 Å². The smallest absolute Gasteiger partial charge is 0.271 e. The summed E-state index contributed by atoms with van der Waals surface area (Å²) in [6.45, 7) is 3.98. The Labute approximate surface area is 160 Å². The normalized spacial score (nSPS) is 10.9. The highest BCUT2D eigenvalue weighted by Gasteiger charge is 2.09. The Hall–Kier alpha value is -2.70. The van der Waals surface area contributed by atoms with Gasteiger partial charge in [0.2, 0.25) is 0 Å². The lowest BCUT2D eigenvalue weighted by Gasteiger charge is -2.05. The first-order valence-corrected chi connectivity index (χ1v) is 9.11. The van der Waals surface area contributed by atoms with Gasteiger partial charge < -0.3 is 5.32 Å². The summed E-state index contributed by atoms with van der Waals surface area (Å²) in [5.74, 6) is -0.278. The molecule has 26 heavy (non-hydrogen) atoms. The zero-order valence-corrected chi connectivity index (χ0v) is 15.9. The summed E-state index contributed by atoms with van der Waals surface area (Å²) < 4.78 is 0. The van der Waals surface area contributed by atoms with Gasteiger partial charge in [0.25, 0.3) is 5.91 Å². The van der Waals surface area contributed by atoms with Crippen LogP contribution in [0.5, 0.6) is 0 Å². The van der Waals surface area contributed by atoms with Gasteiger partial charge in [-0.05, 0) is 37.6 Å². The quantitative estimate of drug-likeness (QED) is 0.484. The Morgan fingerprint density at radius 1 is 1.15 bits per heavy atom. The number of hydrazone groups is 1. The second kappa shape index (κ2) is 8.12. The minimum Gasteiger partial charge on any atom is -0.331 e. The molecule has 0 atom stereocenters. The van der Waals surface area contributed by atoms with Crippen LogP contribution in [0.3, 0.4) is 0 Å². The monoisotopic (exact) mass is 384 g/mol. The number of rotatable bonds is 5. The number of amides is 1. The van der Waals surface area contributed by atoms with Crippen molar-refractivity contribution >= 4 is 45.9 Å². The summed E-state index contributed by atoms with van der Waals surface area (Å²) >= 11 is 7.51. The van der Waals surface area contributed by atoms with Crippen LogP contribution in [0.2, 0.25) is 5.15 Å². The number of carbonyl (C=O) groups excluding carboxylic acids is 1. The molecule has 0 aliphatic rings. The third kappa shape index (κ3) is 4.47. The Morgan fingerprint density at radius 3 is 2.62 bits per heavy atom. The van der Waals surface area contributed by atoms with Gasteiger partial charge >= 0.3 is 0 Å². The van der Waals surface area contributed by atoms with Crippen molar-refractivity contribution in [3.8, 4) is 0 Å². The van der Waals surface area contributed by atoms with E-state index in [1.165, 1.54) is 17.6 Å². The lowest BCUT2D eigenvalue weighted by molar-refractivity contribution is 0.0955. The highest BCUT2D eigenvalue weighted by molar-refractivity contribution is 7.17. The number of hydrogen-bond donors (Lipinski definition) is 2. The third-order valence-electron chi connectivity index (χ3n) is 3.66. The van der Waals surface area contributed by atoms with Gasteiger partial charge in [0.15, 0.2) is 10.3 Å². The molecule has 132 valence electrons. The van der Waals surface area contributed by atoms with Crippen LogP contribution >= 0.6 is 22.9 Å². The van der Waals surface area contributed by atoms with Crippen molar-refractivity contribution in [3.05, 3.63) is 75.3 Å². The Kier molecular flexibility index (Phi) is 5.65. The van der Waals surface area contributed by atoms with E-state index in [1.807, 2.05) is 50.2 Å². The molecule has 1 amide bonds. The summed E-state index contributed by atoms with van der Waals surface area (Å²) in [7, 11) is 0. The number of nitrogens with zero attached hydrogens (tertiary/aromatic N) is 2. The second-order valence-electron chi connectivity index (χ2n) is 5.68. The highest BCUT2D eigenvalue weighted by Crippen LogP contribution is 2.28. The van der Waals surface area contributed by atoms with Crippen molar-refractivity contribution in [2.45, 2.75) is 13.8 Å².